The summed E-state index contributed by atoms with van der Waals surface area (Å²) in [6.45, 7) is 7.80. The first-order valence-corrected chi connectivity index (χ1v) is 6.76. The van der Waals surface area contributed by atoms with Gasteiger partial charge in [-0.05, 0) is 39.2 Å². The molecule has 0 bridgehead atoms. The zero-order valence-corrected chi connectivity index (χ0v) is 11.6. The van der Waals surface area contributed by atoms with Gasteiger partial charge in [-0.3, -0.25) is 4.90 Å². The molecule has 18 heavy (non-hydrogen) atoms. The molecule has 1 aliphatic rings. The fraction of sp³-hybridized carbons (Fsp3) is 0.562. The van der Waals surface area contributed by atoms with Crippen molar-refractivity contribution in [2.75, 3.05) is 6.54 Å². The molecule has 0 amide bonds. The molecule has 0 spiro atoms. The van der Waals surface area contributed by atoms with Crippen LogP contribution in [-0.4, -0.2) is 17.0 Å². The first-order chi connectivity index (χ1) is 8.54. The van der Waals surface area contributed by atoms with E-state index in [4.69, 9.17) is 5.26 Å². The summed E-state index contributed by atoms with van der Waals surface area (Å²) in [6, 6.07) is 13.5. The van der Waals surface area contributed by atoms with Gasteiger partial charge in [-0.15, -0.1) is 0 Å². The maximum absolute atomic E-state index is 9.10. The Labute approximate surface area is 110 Å². The molecule has 1 heterocycles. The normalized spacial score (nSPS) is 25.3. The van der Waals surface area contributed by atoms with Crippen LogP contribution in [-0.2, 0) is 0 Å². The molecule has 2 nitrogen and oxygen atoms in total. The third-order valence-electron chi connectivity index (χ3n) is 4.17. The first-order valence-electron chi connectivity index (χ1n) is 6.76. The van der Waals surface area contributed by atoms with Crippen LogP contribution in [0.3, 0.4) is 0 Å². The number of hydrogen-bond donors (Lipinski definition) is 0. The largest absolute Gasteiger partial charge is 0.291 e. The lowest BCUT2D eigenvalue weighted by Crippen LogP contribution is -2.50. The molecule has 1 fully saturated rings. The van der Waals surface area contributed by atoms with Gasteiger partial charge in [-0.2, -0.15) is 5.26 Å². The van der Waals surface area contributed by atoms with Crippen molar-refractivity contribution >= 4 is 0 Å². The summed E-state index contributed by atoms with van der Waals surface area (Å²) in [5.74, 6) is 0.222. The second-order valence-electron chi connectivity index (χ2n) is 5.91. The molecule has 2 rings (SSSR count). The van der Waals surface area contributed by atoms with Crippen LogP contribution >= 0.6 is 0 Å². The third kappa shape index (κ3) is 2.57. The lowest BCUT2D eigenvalue weighted by molar-refractivity contribution is 0.0252. The molecule has 2 unspecified atom stereocenters. The van der Waals surface area contributed by atoms with Gasteiger partial charge in [0.05, 0.1) is 6.07 Å². The standard InChI is InChI=1S/C16H22N2/c1-13(15-7-5-4-6-8-15)18-10-9-14(12-17)11-16(18,2)3/h4-8,13-14H,9-11H2,1-3H3. The van der Waals surface area contributed by atoms with E-state index in [1.54, 1.807) is 0 Å². The zero-order chi connectivity index (χ0) is 13.2. The van der Waals surface area contributed by atoms with E-state index in [2.05, 4.69) is 62.1 Å². The monoisotopic (exact) mass is 242 g/mol. The number of nitriles is 1. The van der Waals surface area contributed by atoms with Gasteiger partial charge < -0.3 is 0 Å². The highest BCUT2D eigenvalue weighted by Crippen LogP contribution is 2.37. The number of benzene rings is 1. The predicted octanol–water partition coefficient (Wildman–Crippen LogP) is 3.76. The average Bonchev–Trinajstić information content (AvgIpc) is 2.38. The number of piperidine rings is 1. The molecule has 1 aliphatic heterocycles. The fourth-order valence-electron chi connectivity index (χ4n) is 3.16. The Bertz CT molecular complexity index is 430. The molecule has 2 heteroatoms. The second-order valence-corrected chi connectivity index (χ2v) is 5.91. The molecule has 1 aromatic carbocycles. The van der Waals surface area contributed by atoms with Crippen LogP contribution in [0.1, 0.15) is 45.2 Å². The van der Waals surface area contributed by atoms with E-state index in [-0.39, 0.29) is 11.5 Å². The molecule has 0 aliphatic carbocycles. The topological polar surface area (TPSA) is 27.0 Å². The predicted molar refractivity (Wildman–Crippen MR) is 74.0 cm³/mol. The molecule has 0 radical (unpaired) electrons. The minimum Gasteiger partial charge on any atom is -0.291 e. The zero-order valence-electron chi connectivity index (χ0n) is 11.6. The van der Waals surface area contributed by atoms with Crippen molar-refractivity contribution in [3.8, 4) is 6.07 Å². The van der Waals surface area contributed by atoms with Gasteiger partial charge in [-0.1, -0.05) is 30.3 Å². The molecule has 0 N–H and O–H groups in total. The summed E-state index contributed by atoms with van der Waals surface area (Å²) in [6.07, 6.45) is 1.97. The van der Waals surface area contributed by atoms with Crippen LogP contribution in [0, 0.1) is 17.2 Å². The van der Waals surface area contributed by atoms with Crippen molar-refractivity contribution in [2.24, 2.45) is 5.92 Å². The van der Waals surface area contributed by atoms with Crippen molar-refractivity contribution in [3.63, 3.8) is 0 Å². The number of rotatable bonds is 2. The Morgan fingerprint density at radius 2 is 2.00 bits per heavy atom. The quantitative estimate of drug-likeness (QED) is 0.789. The van der Waals surface area contributed by atoms with E-state index in [0.717, 1.165) is 19.4 Å². The third-order valence-corrected chi connectivity index (χ3v) is 4.17. The second kappa shape index (κ2) is 5.12. The van der Waals surface area contributed by atoms with Gasteiger partial charge in [0, 0.05) is 24.0 Å². The van der Waals surface area contributed by atoms with Gasteiger partial charge in [0.25, 0.3) is 0 Å². The van der Waals surface area contributed by atoms with E-state index >= 15 is 0 Å². The Balaban J connectivity index is 2.17. The number of nitrogens with zero attached hydrogens (tertiary/aromatic N) is 2. The van der Waals surface area contributed by atoms with Gasteiger partial charge >= 0.3 is 0 Å². The van der Waals surface area contributed by atoms with E-state index in [0.29, 0.717) is 6.04 Å². The fourth-order valence-corrected chi connectivity index (χ4v) is 3.16. The van der Waals surface area contributed by atoms with Crippen LogP contribution in [0.4, 0.5) is 0 Å². The van der Waals surface area contributed by atoms with E-state index in [1.807, 2.05) is 0 Å². The van der Waals surface area contributed by atoms with Crippen LogP contribution in [0.2, 0.25) is 0 Å². The molecule has 0 aromatic heterocycles. The summed E-state index contributed by atoms with van der Waals surface area (Å²) in [5.41, 5.74) is 1.47. The summed E-state index contributed by atoms with van der Waals surface area (Å²) >= 11 is 0. The molecule has 2 atom stereocenters. The highest BCUT2D eigenvalue weighted by molar-refractivity contribution is 5.19. The lowest BCUT2D eigenvalue weighted by atomic mass is 9.82. The van der Waals surface area contributed by atoms with E-state index in [9.17, 15) is 0 Å². The van der Waals surface area contributed by atoms with Crippen LogP contribution in [0.5, 0.6) is 0 Å². The Kier molecular flexibility index (Phi) is 3.73. The molecule has 0 saturated carbocycles. The highest BCUT2D eigenvalue weighted by Gasteiger charge is 2.37. The minimum atomic E-state index is 0.105. The van der Waals surface area contributed by atoms with Gasteiger partial charge in [-0.25, -0.2) is 0 Å². The lowest BCUT2D eigenvalue weighted by Gasteiger charge is -2.47. The van der Waals surface area contributed by atoms with E-state index < -0.39 is 0 Å². The maximum Gasteiger partial charge on any atom is 0.0657 e. The first kappa shape index (κ1) is 13.1. The maximum atomic E-state index is 9.10. The van der Waals surface area contributed by atoms with Gasteiger partial charge in [0.1, 0.15) is 0 Å². The molecular weight excluding hydrogens is 220 g/mol. The van der Waals surface area contributed by atoms with Crippen LogP contribution in [0.25, 0.3) is 0 Å². The van der Waals surface area contributed by atoms with Crippen LogP contribution < -0.4 is 0 Å². The molecule has 96 valence electrons. The van der Waals surface area contributed by atoms with Crippen molar-refractivity contribution < 1.29 is 0 Å². The van der Waals surface area contributed by atoms with Crippen molar-refractivity contribution in [1.82, 2.24) is 4.90 Å². The summed E-state index contributed by atoms with van der Waals surface area (Å²) in [5, 5.41) is 9.10. The molecule has 1 saturated heterocycles. The summed E-state index contributed by atoms with van der Waals surface area (Å²) in [7, 11) is 0. The summed E-state index contributed by atoms with van der Waals surface area (Å²) < 4.78 is 0. The average molecular weight is 242 g/mol. The van der Waals surface area contributed by atoms with Crippen molar-refractivity contribution in [2.45, 2.75) is 45.2 Å². The Morgan fingerprint density at radius 3 is 2.56 bits per heavy atom. The van der Waals surface area contributed by atoms with Crippen molar-refractivity contribution in [1.29, 1.82) is 5.26 Å². The Morgan fingerprint density at radius 1 is 1.33 bits per heavy atom. The van der Waals surface area contributed by atoms with E-state index in [1.165, 1.54) is 5.56 Å². The Hall–Kier alpha value is -1.33. The van der Waals surface area contributed by atoms with Crippen LogP contribution in [0.15, 0.2) is 30.3 Å². The smallest absolute Gasteiger partial charge is 0.0657 e. The van der Waals surface area contributed by atoms with Gasteiger partial charge in [0.15, 0.2) is 0 Å². The van der Waals surface area contributed by atoms with Gasteiger partial charge in [0.2, 0.25) is 0 Å². The number of hydrogen-bond acceptors (Lipinski definition) is 2. The number of likely N-dealkylation sites (tertiary alicyclic amines) is 1. The molecule has 1 aromatic rings. The SMILES string of the molecule is CC(c1ccccc1)N1CCC(C#N)CC1(C)C. The molecular formula is C16H22N2. The minimum absolute atomic E-state index is 0.105. The highest BCUT2D eigenvalue weighted by atomic mass is 15.2. The van der Waals surface area contributed by atoms with Crippen molar-refractivity contribution in [3.05, 3.63) is 35.9 Å². The summed E-state index contributed by atoms with van der Waals surface area (Å²) in [4.78, 5) is 2.54.